The summed E-state index contributed by atoms with van der Waals surface area (Å²) in [4.78, 5) is 8.58. The Bertz CT molecular complexity index is 539. The smallest absolute Gasteiger partial charge is 0.137 e. The average Bonchev–Trinajstić information content (AvgIpc) is 2.83. The summed E-state index contributed by atoms with van der Waals surface area (Å²) in [6.07, 6.45) is 6.68. The monoisotopic (exact) mass is 283 g/mol. The van der Waals surface area contributed by atoms with E-state index in [4.69, 9.17) is 11.6 Å². The zero-order valence-electron chi connectivity index (χ0n) is 9.90. The van der Waals surface area contributed by atoms with E-state index in [0.29, 0.717) is 6.04 Å². The van der Waals surface area contributed by atoms with Gasteiger partial charge in [-0.15, -0.1) is 12.4 Å². The quantitative estimate of drug-likeness (QED) is 0.903. The van der Waals surface area contributed by atoms with Crippen molar-refractivity contribution in [2.24, 2.45) is 0 Å². The van der Waals surface area contributed by atoms with Crippen molar-refractivity contribution in [1.82, 2.24) is 9.97 Å². The fourth-order valence-electron chi connectivity index (χ4n) is 2.41. The van der Waals surface area contributed by atoms with Gasteiger partial charge >= 0.3 is 0 Å². The molecule has 0 saturated heterocycles. The van der Waals surface area contributed by atoms with Crippen LogP contribution in [0, 0.1) is 0 Å². The summed E-state index contributed by atoms with van der Waals surface area (Å²) in [5.41, 5.74) is 0.935. The summed E-state index contributed by atoms with van der Waals surface area (Å²) in [5.74, 6) is 0.907. The molecule has 3 rings (SSSR count). The summed E-state index contributed by atoms with van der Waals surface area (Å²) < 4.78 is 0. The minimum Gasteiger partial charge on any atom is -0.367 e. The number of halogens is 2. The highest BCUT2D eigenvalue weighted by molar-refractivity contribution is 6.31. The van der Waals surface area contributed by atoms with Crippen LogP contribution >= 0.6 is 24.0 Å². The third kappa shape index (κ3) is 2.68. The Morgan fingerprint density at radius 2 is 1.94 bits per heavy atom. The molecule has 1 N–H and O–H groups in total. The Balaban J connectivity index is 0.00000120. The molecular weight excluding hydrogens is 269 g/mol. The van der Waals surface area contributed by atoms with Gasteiger partial charge in [0.2, 0.25) is 0 Å². The van der Waals surface area contributed by atoms with Crippen molar-refractivity contribution in [3.63, 3.8) is 0 Å². The van der Waals surface area contributed by atoms with Crippen molar-refractivity contribution in [3.8, 4) is 0 Å². The van der Waals surface area contributed by atoms with Crippen molar-refractivity contribution < 1.29 is 0 Å². The Kier molecular flexibility index (Phi) is 4.25. The first-order chi connectivity index (χ1) is 8.33. The molecule has 1 aromatic carbocycles. The van der Waals surface area contributed by atoms with Gasteiger partial charge < -0.3 is 5.32 Å². The maximum atomic E-state index is 6.02. The van der Waals surface area contributed by atoms with E-state index in [-0.39, 0.29) is 12.4 Å². The van der Waals surface area contributed by atoms with Gasteiger partial charge in [0.05, 0.1) is 5.52 Å². The van der Waals surface area contributed by atoms with Crippen molar-refractivity contribution in [1.29, 1.82) is 0 Å². The van der Waals surface area contributed by atoms with Crippen molar-refractivity contribution in [3.05, 3.63) is 29.5 Å². The van der Waals surface area contributed by atoms with Gasteiger partial charge in [0.15, 0.2) is 0 Å². The molecule has 0 radical (unpaired) electrons. The molecule has 1 fully saturated rings. The Labute approximate surface area is 117 Å². The molecule has 1 aliphatic carbocycles. The van der Waals surface area contributed by atoms with E-state index in [2.05, 4.69) is 15.3 Å². The van der Waals surface area contributed by atoms with Gasteiger partial charge in [-0.25, -0.2) is 9.97 Å². The first kappa shape index (κ1) is 13.4. The van der Waals surface area contributed by atoms with Crippen LogP contribution in [-0.2, 0) is 0 Å². The van der Waals surface area contributed by atoms with E-state index in [0.717, 1.165) is 21.7 Å². The molecule has 0 bridgehead atoms. The van der Waals surface area contributed by atoms with Crippen LogP contribution in [0.2, 0.25) is 5.02 Å². The molecular formula is C13H15Cl2N3. The Morgan fingerprint density at radius 1 is 1.17 bits per heavy atom. The second-order valence-electron chi connectivity index (χ2n) is 4.51. The Hall–Kier alpha value is -1.06. The Morgan fingerprint density at radius 3 is 2.72 bits per heavy atom. The minimum absolute atomic E-state index is 0. The molecule has 3 nitrogen and oxygen atoms in total. The van der Waals surface area contributed by atoms with Crippen LogP contribution in [0.15, 0.2) is 24.5 Å². The predicted molar refractivity (Wildman–Crippen MR) is 77.7 cm³/mol. The lowest BCUT2D eigenvalue weighted by Gasteiger charge is -2.14. The highest BCUT2D eigenvalue weighted by Gasteiger charge is 2.16. The van der Waals surface area contributed by atoms with Crippen LogP contribution in [0.25, 0.3) is 10.9 Å². The zero-order chi connectivity index (χ0) is 11.7. The number of nitrogens with zero attached hydrogens (tertiary/aromatic N) is 2. The van der Waals surface area contributed by atoms with E-state index in [9.17, 15) is 0 Å². The largest absolute Gasteiger partial charge is 0.367 e. The molecule has 0 atom stereocenters. The summed E-state index contributed by atoms with van der Waals surface area (Å²) in [6.45, 7) is 0. The number of anilines is 1. The third-order valence-corrected chi connectivity index (χ3v) is 3.53. The van der Waals surface area contributed by atoms with Gasteiger partial charge in [-0.05, 0) is 31.0 Å². The van der Waals surface area contributed by atoms with Crippen molar-refractivity contribution >= 4 is 40.7 Å². The predicted octanol–water partition coefficient (Wildman–Crippen LogP) is 4.06. The first-order valence-corrected chi connectivity index (χ1v) is 6.37. The molecule has 1 aromatic heterocycles. The molecule has 0 unspecified atom stereocenters. The standard InChI is InChI=1S/C13H14ClN3.ClH/c14-9-5-6-12-11(7-9)13(16-8-15-12)17-10-3-1-2-4-10;/h5-8,10H,1-4H2,(H,15,16,17);1H. The highest BCUT2D eigenvalue weighted by atomic mass is 35.5. The second kappa shape index (κ2) is 5.72. The lowest BCUT2D eigenvalue weighted by molar-refractivity contribution is 0.751. The number of benzene rings is 1. The van der Waals surface area contributed by atoms with Gasteiger partial charge in [0, 0.05) is 16.5 Å². The second-order valence-corrected chi connectivity index (χ2v) is 4.95. The number of aromatic nitrogens is 2. The average molecular weight is 284 g/mol. The first-order valence-electron chi connectivity index (χ1n) is 6.00. The molecule has 1 saturated carbocycles. The fourth-order valence-corrected chi connectivity index (χ4v) is 2.58. The van der Waals surface area contributed by atoms with Crippen LogP contribution in [0.1, 0.15) is 25.7 Å². The maximum absolute atomic E-state index is 6.02. The molecule has 0 aliphatic heterocycles. The van der Waals surface area contributed by atoms with Gasteiger partial charge in [-0.3, -0.25) is 0 Å². The van der Waals surface area contributed by atoms with Crippen molar-refractivity contribution in [2.75, 3.05) is 5.32 Å². The third-order valence-electron chi connectivity index (χ3n) is 3.29. The van der Waals surface area contributed by atoms with E-state index >= 15 is 0 Å². The molecule has 1 heterocycles. The lowest BCUT2D eigenvalue weighted by atomic mass is 10.2. The molecule has 18 heavy (non-hydrogen) atoms. The normalized spacial score (nSPS) is 15.6. The molecule has 5 heteroatoms. The number of nitrogens with one attached hydrogen (secondary N) is 1. The summed E-state index contributed by atoms with van der Waals surface area (Å²) in [6, 6.07) is 6.26. The molecule has 1 aliphatic rings. The summed E-state index contributed by atoms with van der Waals surface area (Å²) >= 11 is 6.02. The van der Waals surface area contributed by atoms with Crippen LogP contribution in [0.5, 0.6) is 0 Å². The van der Waals surface area contributed by atoms with Crippen LogP contribution in [0.3, 0.4) is 0 Å². The maximum Gasteiger partial charge on any atom is 0.137 e. The molecule has 96 valence electrons. The van der Waals surface area contributed by atoms with Gasteiger partial charge in [-0.2, -0.15) is 0 Å². The number of rotatable bonds is 2. The lowest BCUT2D eigenvalue weighted by Crippen LogP contribution is -2.15. The van der Waals surface area contributed by atoms with Gasteiger partial charge in [0.25, 0.3) is 0 Å². The summed E-state index contributed by atoms with van der Waals surface area (Å²) in [5, 5.41) is 5.23. The number of hydrogen-bond donors (Lipinski definition) is 1. The fraction of sp³-hybridized carbons (Fsp3) is 0.385. The van der Waals surface area contributed by atoms with Gasteiger partial charge in [-0.1, -0.05) is 24.4 Å². The van der Waals surface area contributed by atoms with E-state index < -0.39 is 0 Å². The number of hydrogen-bond acceptors (Lipinski definition) is 3. The highest BCUT2D eigenvalue weighted by Crippen LogP contribution is 2.26. The topological polar surface area (TPSA) is 37.8 Å². The minimum atomic E-state index is 0. The SMILES string of the molecule is Cl.Clc1ccc2ncnc(NC3CCCC3)c2c1. The molecule has 0 amide bonds. The van der Waals surface area contributed by atoms with E-state index in [1.165, 1.54) is 25.7 Å². The van der Waals surface area contributed by atoms with E-state index in [1.807, 2.05) is 18.2 Å². The summed E-state index contributed by atoms with van der Waals surface area (Å²) in [7, 11) is 0. The van der Waals surface area contributed by atoms with Gasteiger partial charge in [0.1, 0.15) is 12.1 Å². The zero-order valence-corrected chi connectivity index (χ0v) is 11.5. The molecule has 2 aromatic rings. The molecule has 0 spiro atoms. The van der Waals surface area contributed by atoms with Crippen LogP contribution in [0.4, 0.5) is 5.82 Å². The van der Waals surface area contributed by atoms with Crippen LogP contribution < -0.4 is 5.32 Å². The van der Waals surface area contributed by atoms with E-state index in [1.54, 1.807) is 6.33 Å². The van der Waals surface area contributed by atoms with Crippen molar-refractivity contribution in [2.45, 2.75) is 31.7 Å². The number of fused-ring (bicyclic) bond motifs is 1. The van der Waals surface area contributed by atoms with Crippen LogP contribution in [-0.4, -0.2) is 16.0 Å².